The quantitative estimate of drug-likeness (QED) is 0.493. The first kappa shape index (κ1) is 23.5. The number of hydrogen-bond acceptors (Lipinski definition) is 6. The largest absolute Gasteiger partial charge is 0.396 e. The first-order valence-electron chi connectivity index (χ1n) is 10.8. The molecule has 0 fully saturated rings. The van der Waals surface area contributed by atoms with E-state index < -0.39 is 21.6 Å². The molecule has 1 aliphatic carbocycles. The molecule has 2 aromatic carbocycles. The molecule has 1 heterocycles. The van der Waals surface area contributed by atoms with Crippen LogP contribution in [0, 0.1) is 11.7 Å². The molecule has 4 rings (SSSR count). The Morgan fingerprint density at radius 2 is 2.09 bits per heavy atom. The van der Waals surface area contributed by atoms with Crippen LogP contribution in [0.15, 0.2) is 58.9 Å². The fourth-order valence-electron chi connectivity index (χ4n) is 4.45. The van der Waals surface area contributed by atoms with E-state index in [1.165, 1.54) is 35.2 Å². The Morgan fingerprint density at radius 3 is 2.82 bits per heavy atom. The number of halogens is 1. The van der Waals surface area contributed by atoms with Crippen molar-refractivity contribution < 1.29 is 22.7 Å². The van der Waals surface area contributed by atoms with Crippen molar-refractivity contribution in [2.45, 2.75) is 42.2 Å². The van der Waals surface area contributed by atoms with Crippen molar-refractivity contribution in [1.29, 1.82) is 0 Å². The fourth-order valence-corrected chi connectivity index (χ4v) is 6.71. The van der Waals surface area contributed by atoms with Gasteiger partial charge in [-0.1, -0.05) is 24.3 Å². The molecule has 0 bridgehead atoms. The minimum absolute atomic E-state index is 0.0666. The molecule has 6 nitrogen and oxygen atoms in total. The summed E-state index contributed by atoms with van der Waals surface area (Å²) in [5.41, 5.74) is 2.21. The van der Waals surface area contributed by atoms with E-state index in [1.807, 2.05) is 18.2 Å². The maximum absolute atomic E-state index is 14.8. The van der Waals surface area contributed by atoms with E-state index in [0.717, 1.165) is 30.9 Å². The van der Waals surface area contributed by atoms with E-state index >= 15 is 0 Å². The van der Waals surface area contributed by atoms with Crippen molar-refractivity contribution >= 4 is 32.8 Å². The minimum Gasteiger partial charge on any atom is -0.396 e. The van der Waals surface area contributed by atoms with Gasteiger partial charge in [0.15, 0.2) is 9.84 Å². The number of sulfone groups is 1. The van der Waals surface area contributed by atoms with E-state index in [-0.39, 0.29) is 41.2 Å². The van der Waals surface area contributed by atoms with Crippen LogP contribution < -0.4 is 5.32 Å². The number of aliphatic hydroxyl groups is 1. The van der Waals surface area contributed by atoms with Crippen molar-refractivity contribution in [3.63, 3.8) is 0 Å². The van der Waals surface area contributed by atoms with Gasteiger partial charge >= 0.3 is 0 Å². The number of benzene rings is 2. The molecule has 2 N–H and O–H groups in total. The van der Waals surface area contributed by atoms with Crippen LogP contribution in [0.25, 0.3) is 0 Å². The van der Waals surface area contributed by atoms with Crippen LogP contribution in [0.3, 0.4) is 0 Å². The lowest BCUT2D eigenvalue weighted by molar-refractivity contribution is -0.121. The van der Waals surface area contributed by atoms with Crippen LogP contribution in [-0.4, -0.2) is 31.0 Å². The fraction of sp³-hybridized carbons (Fsp3) is 0.333. The highest BCUT2D eigenvalue weighted by Gasteiger charge is 2.32. The molecule has 0 spiro atoms. The number of nitrogens with one attached hydrogen (secondary N) is 1. The first-order valence-corrected chi connectivity index (χ1v) is 13.3. The number of anilines is 1. The number of aryl methyl sites for hydroxylation is 1. The number of fused-ring (bicyclic) bond motifs is 1. The van der Waals surface area contributed by atoms with Gasteiger partial charge in [-0.15, -0.1) is 11.3 Å². The van der Waals surface area contributed by atoms with Gasteiger partial charge in [0.05, 0.1) is 10.6 Å². The van der Waals surface area contributed by atoms with E-state index in [9.17, 15) is 22.7 Å². The SMILES string of the molecule is O=C(Nc1ccc(S(=O)(=O)Cc2nccs2)cc1F)[C@H](CCO)C1CCCc2ccccc21. The molecule has 1 aromatic heterocycles. The van der Waals surface area contributed by atoms with Crippen molar-refractivity contribution in [2.75, 3.05) is 11.9 Å². The Hall–Kier alpha value is -2.62. The van der Waals surface area contributed by atoms with Crippen molar-refractivity contribution in [3.8, 4) is 0 Å². The van der Waals surface area contributed by atoms with Crippen LogP contribution >= 0.6 is 11.3 Å². The number of carbonyl (C=O) groups is 1. The molecule has 1 unspecified atom stereocenters. The highest BCUT2D eigenvalue weighted by molar-refractivity contribution is 7.90. The van der Waals surface area contributed by atoms with E-state index in [4.69, 9.17) is 0 Å². The van der Waals surface area contributed by atoms with Crippen LogP contribution in [0.1, 0.15) is 41.3 Å². The number of rotatable bonds is 8. The predicted molar refractivity (Wildman–Crippen MR) is 125 cm³/mol. The summed E-state index contributed by atoms with van der Waals surface area (Å²) in [6.07, 6.45) is 4.48. The van der Waals surface area contributed by atoms with Crippen molar-refractivity contribution in [3.05, 3.63) is 76.0 Å². The molecule has 33 heavy (non-hydrogen) atoms. The van der Waals surface area contributed by atoms with Gasteiger partial charge in [0.1, 0.15) is 16.6 Å². The maximum atomic E-state index is 14.8. The average molecular weight is 489 g/mol. The molecular formula is C24H25FN2O4S2. The molecule has 0 saturated carbocycles. The van der Waals surface area contributed by atoms with E-state index in [1.54, 1.807) is 5.38 Å². The van der Waals surface area contributed by atoms with Gasteiger partial charge < -0.3 is 10.4 Å². The predicted octanol–water partition coefficient (Wildman–Crippen LogP) is 4.31. The van der Waals surface area contributed by atoms with Gasteiger partial charge in [-0.2, -0.15) is 0 Å². The van der Waals surface area contributed by atoms with Gasteiger partial charge in [0.2, 0.25) is 5.91 Å². The smallest absolute Gasteiger partial charge is 0.228 e. The Bertz CT molecular complexity index is 1230. The Morgan fingerprint density at radius 1 is 1.27 bits per heavy atom. The van der Waals surface area contributed by atoms with Crippen molar-refractivity contribution in [1.82, 2.24) is 4.98 Å². The second-order valence-corrected chi connectivity index (χ2v) is 11.1. The number of hydrogen-bond donors (Lipinski definition) is 2. The van der Waals surface area contributed by atoms with Crippen LogP contribution in [0.5, 0.6) is 0 Å². The average Bonchev–Trinajstić information content (AvgIpc) is 3.30. The third-order valence-electron chi connectivity index (χ3n) is 6.03. The lowest BCUT2D eigenvalue weighted by Crippen LogP contribution is -2.31. The summed E-state index contributed by atoms with van der Waals surface area (Å²) in [6.45, 7) is -0.160. The summed E-state index contributed by atoms with van der Waals surface area (Å²) >= 11 is 1.22. The van der Waals surface area contributed by atoms with Gasteiger partial charge in [-0.25, -0.2) is 17.8 Å². The van der Waals surface area contributed by atoms with Gasteiger partial charge in [0.25, 0.3) is 0 Å². The lowest BCUT2D eigenvalue weighted by atomic mass is 9.74. The van der Waals surface area contributed by atoms with Crippen LogP contribution in [0.4, 0.5) is 10.1 Å². The summed E-state index contributed by atoms with van der Waals surface area (Å²) in [7, 11) is -3.76. The number of aliphatic hydroxyl groups excluding tert-OH is 1. The topological polar surface area (TPSA) is 96.4 Å². The number of aromatic nitrogens is 1. The van der Waals surface area contributed by atoms with Crippen LogP contribution in [0.2, 0.25) is 0 Å². The number of thiazole rings is 1. The van der Waals surface area contributed by atoms with E-state index in [2.05, 4.69) is 16.4 Å². The molecule has 3 aromatic rings. The third-order valence-corrected chi connectivity index (χ3v) is 8.62. The first-order chi connectivity index (χ1) is 15.9. The molecule has 1 aliphatic rings. The zero-order valence-electron chi connectivity index (χ0n) is 17.9. The second kappa shape index (κ2) is 10.1. The standard InChI is InChI=1S/C24H25FN2O4S2/c25-21-14-17(33(30,31)15-23-26-11-13-32-23)8-9-22(21)27-24(29)20(10-12-28)19-7-3-5-16-4-1-2-6-18(16)19/h1-2,4,6,8-9,11,13-14,19-20,28H,3,5,7,10,12,15H2,(H,27,29)/t19?,20-/m1/s1. The lowest BCUT2D eigenvalue weighted by Gasteiger charge is -2.31. The number of amides is 1. The highest BCUT2D eigenvalue weighted by atomic mass is 32.2. The number of carbonyl (C=O) groups excluding carboxylic acids is 1. The third kappa shape index (κ3) is 5.31. The summed E-state index contributed by atoms with van der Waals surface area (Å²) in [6, 6.07) is 11.5. The Balaban J connectivity index is 1.53. The zero-order chi connectivity index (χ0) is 23.4. The summed E-state index contributed by atoms with van der Waals surface area (Å²) < 4.78 is 40.0. The Kier molecular flexibility index (Phi) is 7.21. The molecular weight excluding hydrogens is 463 g/mol. The summed E-state index contributed by atoms with van der Waals surface area (Å²) in [5.74, 6) is -2.11. The molecule has 0 saturated heterocycles. The number of nitrogens with zero attached hydrogens (tertiary/aromatic N) is 1. The van der Waals surface area contributed by atoms with E-state index in [0.29, 0.717) is 5.01 Å². The summed E-state index contributed by atoms with van der Waals surface area (Å²) in [4.78, 5) is 16.9. The van der Waals surface area contributed by atoms with Crippen LogP contribution in [-0.2, 0) is 26.8 Å². The van der Waals surface area contributed by atoms with Gasteiger partial charge in [0, 0.05) is 24.1 Å². The maximum Gasteiger partial charge on any atom is 0.228 e. The zero-order valence-corrected chi connectivity index (χ0v) is 19.5. The molecule has 1 amide bonds. The summed E-state index contributed by atoms with van der Waals surface area (Å²) in [5, 5.41) is 14.3. The monoisotopic (exact) mass is 488 g/mol. The molecule has 2 atom stereocenters. The van der Waals surface area contributed by atoms with Gasteiger partial charge in [-0.05, 0) is 60.9 Å². The van der Waals surface area contributed by atoms with Crippen molar-refractivity contribution in [2.24, 2.45) is 5.92 Å². The molecule has 0 aliphatic heterocycles. The molecule has 174 valence electrons. The molecule has 9 heteroatoms. The normalized spacial score (nSPS) is 16.7. The second-order valence-electron chi connectivity index (χ2n) is 8.13. The van der Waals surface area contributed by atoms with Gasteiger partial charge in [-0.3, -0.25) is 4.79 Å². The minimum atomic E-state index is -3.76. The molecule has 0 radical (unpaired) electrons. The highest BCUT2D eigenvalue weighted by Crippen LogP contribution is 2.39. The Labute approximate surface area is 196 Å².